The number of hydrogen-bond donors (Lipinski definition) is 1. The molecule has 2 saturated heterocycles. The normalized spacial score (nSPS) is 25.1. The molecule has 2 fully saturated rings. The lowest BCUT2D eigenvalue weighted by molar-refractivity contribution is -0.137. The third-order valence-electron chi connectivity index (χ3n) is 5.96. The summed E-state index contributed by atoms with van der Waals surface area (Å²) in [6.45, 7) is 7.03. The molecule has 0 spiro atoms. The van der Waals surface area contributed by atoms with E-state index in [2.05, 4.69) is 29.3 Å². The Labute approximate surface area is 166 Å². The van der Waals surface area contributed by atoms with Crippen LogP contribution in [0.2, 0.25) is 0 Å². The number of piperazine rings is 1. The van der Waals surface area contributed by atoms with Crippen molar-refractivity contribution in [2.75, 3.05) is 46.1 Å². The number of rotatable bonds is 6. The molecule has 0 saturated carbocycles. The van der Waals surface area contributed by atoms with Crippen LogP contribution in [0.4, 0.5) is 0 Å². The van der Waals surface area contributed by atoms with E-state index in [1.807, 2.05) is 11.0 Å². The fourth-order valence-corrected chi connectivity index (χ4v) is 4.45. The Morgan fingerprint density at radius 3 is 2.89 bits per heavy atom. The van der Waals surface area contributed by atoms with Crippen molar-refractivity contribution in [3.63, 3.8) is 0 Å². The molecule has 1 atom stereocenters. The number of ether oxygens (including phenoxy) is 2. The third kappa shape index (κ3) is 4.41. The van der Waals surface area contributed by atoms with Crippen LogP contribution in [0.5, 0.6) is 11.5 Å². The van der Waals surface area contributed by atoms with Crippen LogP contribution in [0.3, 0.4) is 0 Å². The van der Waals surface area contributed by atoms with Gasteiger partial charge in [-0.3, -0.25) is 14.5 Å². The van der Waals surface area contributed by atoms with Crippen LogP contribution in [-0.2, 0) is 16.0 Å². The number of piperidine rings is 1. The van der Waals surface area contributed by atoms with Gasteiger partial charge in [-0.05, 0) is 42.4 Å². The second kappa shape index (κ2) is 7.99. The average Bonchev–Trinajstić information content (AvgIpc) is 3.12. The standard InChI is InChI=1S/C21H29N3O4/c1-21(12-16-3-4-17-18(11-16)28-15-27-17)6-5-20(26)24(14-21)9-2-8-23-10-7-22-19(25)13-23/h3-4,11H,2,5-10,12-15H2,1H3,(H,22,25)/t21-/m0/s1. The predicted octanol–water partition coefficient (Wildman–Crippen LogP) is 1.41. The van der Waals surface area contributed by atoms with Crippen LogP contribution in [-0.4, -0.2) is 67.7 Å². The number of likely N-dealkylation sites (tertiary alicyclic amines) is 1. The van der Waals surface area contributed by atoms with E-state index in [0.29, 0.717) is 13.0 Å². The number of fused-ring (bicyclic) bond motifs is 1. The molecule has 0 unspecified atom stereocenters. The van der Waals surface area contributed by atoms with Gasteiger partial charge in [0.2, 0.25) is 18.6 Å². The van der Waals surface area contributed by atoms with Gasteiger partial charge in [-0.15, -0.1) is 0 Å². The van der Waals surface area contributed by atoms with Gasteiger partial charge >= 0.3 is 0 Å². The van der Waals surface area contributed by atoms with Crippen LogP contribution >= 0.6 is 0 Å². The van der Waals surface area contributed by atoms with Crippen molar-refractivity contribution in [2.24, 2.45) is 5.41 Å². The summed E-state index contributed by atoms with van der Waals surface area (Å²) in [6.07, 6.45) is 3.33. The van der Waals surface area contributed by atoms with E-state index in [4.69, 9.17) is 9.47 Å². The predicted molar refractivity (Wildman–Crippen MR) is 104 cm³/mol. The molecule has 2 amide bonds. The number of nitrogens with one attached hydrogen (secondary N) is 1. The van der Waals surface area contributed by atoms with E-state index in [9.17, 15) is 9.59 Å². The Bertz CT molecular complexity index is 753. The number of carbonyl (C=O) groups excluding carboxylic acids is 2. The summed E-state index contributed by atoms with van der Waals surface area (Å²) in [5.74, 6) is 1.97. The molecule has 3 aliphatic heterocycles. The first-order chi connectivity index (χ1) is 13.5. The van der Waals surface area contributed by atoms with E-state index < -0.39 is 0 Å². The summed E-state index contributed by atoms with van der Waals surface area (Å²) in [5.41, 5.74) is 1.28. The zero-order valence-corrected chi connectivity index (χ0v) is 16.5. The smallest absolute Gasteiger partial charge is 0.234 e. The molecular weight excluding hydrogens is 358 g/mol. The minimum Gasteiger partial charge on any atom is -0.454 e. The maximum atomic E-state index is 12.4. The molecule has 4 rings (SSSR count). The Balaban J connectivity index is 1.31. The van der Waals surface area contributed by atoms with E-state index in [0.717, 1.165) is 63.5 Å². The first-order valence-corrected chi connectivity index (χ1v) is 10.2. The van der Waals surface area contributed by atoms with Gasteiger partial charge in [-0.1, -0.05) is 13.0 Å². The average molecular weight is 387 g/mol. The lowest BCUT2D eigenvalue weighted by Crippen LogP contribution is -2.49. The lowest BCUT2D eigenvalue weighted by atomic mass is 9.76. The molecule has 3 heterocycles. The summed E-state index contributed by atoms with van der Waals surface area (Å²) in [4.78, 5) is 28.1. The van der Waals surface area contributed by atoms with Crippen molar-refractivity contribution in [1.29, 1.82) is 0 Å². The van der Waals surface area contributed by atoms with Crippen LogP contribution in [0.15, 0.2) is 18.2 Å². The summed E-state index contributed by atoms with van der Waals surface area (Å²) < 4.78 is 10.9. The number of nitrogens with zero attached hydrogens (tertiary/aromatic N) is 2. The Morgan fingerprint density at radius 1 is 1.18 bits per heavy atom. The molecule has 7 heteroatoms. The van der Waals surface area contributed by atoms with Crippen molar-refractivity contribution < 1.29 is 19.1 Å². The molecule has 28 heavy (non-hydrogen) atoms. The zero-order valence-electron chi connectivity index (χ0n) is 16.5. The van der Waals surface area contributed by atoms with Crippen molar-refractivity contribution in [3.8, 4) is 11.5 Å². The van der Waals surface area contributed by atoms with Crippen LogP contribution in [0.1, 0.15) is 31.7 Å². The van der Waals surface area contributed by atoms with Gasteiger partial charge in [0.25, 0.3) is 0 Å². The fraction of sp³-hybridized carbons (Fsp3) is 0.619. The Hall–Kier alpha value is -2.28. The van der Waals surface area contributed by atoms with E-state index >= 15 is 0 Å². The zero-order chi connectivity index (χ0) is 19.6. The molecule has 0 bridgehead atoms. The molecule has 1 aromatic rings. The first kappa shape index (κ1) is 19.1. The van der Waals surface area contributed by atoms with Crippen molar-refractivity contribution >= 4 is 11.8 Å². The highest BCUT2D eigenvalue weighted by molar-refractivity contribution is 5.78. The monoisotopic (exact) mass is 387 g/mol. The lowest BCUT2D eigenvalue weighted by Gasteiger charge is -2.41. The number of carbonyl (C=O) groups is 2. The van der Waals surface area contributed by atoms with Gasteiger partial charge in [0.05, 0.1) is 6.54 Å². The number of amides is 2. The summed E-state index contributed by atoms with van der Waals surface area (Å²) in [5, 5.41) is 2.85. The molecule has 7 nitrogen and oxygen atoms in total. The van der Waals surface area contributed by atoms with Crippen molar-refractivity contribution in [2.45, 2.75) is 32.6 Å². The first-order valence-electron chi connectivity index (χ1n) is 10.2. The van der Waals surface area contributed by atoms with E-state index in [-0.39, 0.29) is 24.0 Å². The van der Waals surface area contributed by atoms with Gasteiger partial charge in [0, 0.05) is 39.1 Å². The number of hydrogen-bond acceptors (Lipinski definition) is 5. The minimum atomic E-state index is 0.0621. The minimum absolute atomic E-state index is 0.0621. The highest BCUT2D eigenvalue weighted by Gasteiger charge is 2.35. The maximum Gasteiger partial charge on any atom is 0.234 e. The van der Waals surface area contributed by atoms with Gasteiger partial charge < -0.3 is 19.7 Å². The summed E-state index contributed by atoms with van der Waals surface area (Å²) in [6, 6.07) is 6.14. The Morgan fingerprint density at radius 2 is 2.04 bits per heavy atom. The molecule has 0 radical (unpaired) electrons. The second-order valence-corrected chi connectivity index (χ2v) is 8.47. The maximum absolute atomic E-state index is 12.4. The van der Waals surface area contributed by atoms with Gasteiger partial charge in [-0.25, -0.2) is 0 Å². The Kier molecular flexibility index (Phi) is 5.44. The van der Waals surface area contributed by atoms with Crippen LogP contribution in [0, 0.1) is 5.41 Å². The molecule has 0 aromatic heterocycles. The van der Waals surface area contributed by atoms with Crippen molar-refractivity contribution in [3.05, 3.63) is 23.8 Å². The van der Waals surface area contributed by atoms with E-state index in [1.54, 1.807) is 0 Å². The molecule has 1 N–H and O–H groups in total. The van der Waals surface area contributed by atoms with Crippen LogP contribution in [0.25, 0.3) is 0 Å². The highest BCUT2D eigenvalue weighted by atomic mass is 16.7. The highest BCUT2D eigenvalue weighted by Crippen LogP contribution is 2.37. The molecular formula is C21H29N3O4. The van der Waals surface area contributed by atoms with E-state index in [1.165, 1.54) is 5.56 Å². The second-order valence-electron chi connectivity index (χ2n) is 8.47. The largest absolute Gasteiger partial charge is 0.454 e. The third-order valence-corrected chi connectivity index (χ3v) is 5.96. The molecule has 0 aliphatic carbocycles. The van der Waals surface area contributed by atoms with Gasteiger partial charge in [0.1, 0.15) is 0 Å². The molecule has 1 aromatic carbocycles. The fourth-order valence-electron chi connectivity index (χ4n) is 4.45. The summed E-state index contributed by atoms with van der Waals surface area (Å²) >= 11 is 0. The quantitative estimate of drug-likeness (QED) is 0.799. The van der Waals surface area contributed by atoms with Crippen LogP contribution < -0.4 is 14.8 Å². The molecule has 3 aliphatic rings. The topological polar surface area (TPSA) is 71.1 Å². The molecule has 152 valence electrons. The summed E-state index contributed by atoms with van der Waals surface area (Å²) in [7, 11) is 0. The van der Waals surface area contributed by atoms with Gasteiger partial charge in [0.15, 0.2) is 11.5 Å². The SMILES string of the molecule is C[C@@]1(Cc2ccc3c(c2)OCO3)CCC(=O)N(CCCN2CCNC(=O)C2)C1. The van der Waals surface area contributed by atoms with Gasteiger partial charge in [-0.2, -0.15) is 0 Å². The number of benzene rings is 1. The van der Waals surface area contributed by atoms with Crippen molar-refractivity contribution in [1.82, 2.24) is 15.1 Å².